The van der Waals surface area contributed by atoms with Crippen molar-refractivity contribution in [2.24, 2.45) is 0 Å². The summed E-state index contributed by atoms with van der Waals surface area (Å²) in [5, 5.41) is 6.38. The number of methoxy groups -OCH3 is 1. The van der Waals surface area contributed by atoms with Crippen LogP contribution in [-0.2, 0) is 4.79 Å². The summed E-state index contributed by atoms with van der Waals surface area (Å²) >= 11 is 6.37. The standard InChI is InChI=1S/C28H25ClN4O3/c1-3-6-26(34)32-16-5-7-20(18-32)33-23-14-15-30-17-22(23)28(31-33)19-10-12-21(13-11-19)36-25-9-4-8-24(35-2)27(25)29/h4,8-15,17,20H,5,7,16,18H2,1-2H3/t20-/m1/s1. The van der Waals surface area contributed by atoms with Gasteiger partial charge in [0.2, 0.25) is 0 Å². The quantitative estimate of drug-likeness (QED) is 0.327. The molecule has 3 heterocycles. The molecule has 0 N–H and O–H groups in total. The van der Waals surface area contributed by atoms with E-state index in [1.807, 2.05) is 52.2 Å². The number of hydrogen-bond acceptors (Lipinski definition) is 5. The Balaban J connectivity index is 1.44. The zero-order chi connectivity index (χ0) is 25.1. The molecule has 0 unspecified atom stereocenters. The van der Waals surface area contributed by atoms with Crippen LogP contribution in [0.25, 0.3) is 22.2 Å². The summed E-state index contributed by atoms with van der Waals surface area (Å²) in [6.07, 6.45) is 5.45. The molecule has 0 spiro atoms. The first-order valence-electron chi connectivity index (χ1n) is 11.7. The second-order valence-electron chi connectivity index (χ2n) is 8.51. The van der Waals surface area contributed by atoms with Gasteiger partial charge in [0, 0.05) is 36.4 Å². The molecule has 1 atom stereocenters. The van der Waals surface area contributed by atoms with Gasteiger partial charge in [-0.1, -0.05) is 23.6 Å². The van der Waals surface area contributed by atoms with E-state index in [-0.39, 0.29) is 11.9 Å². The number of hydrogen-bond donors (Lipinski definition) is 0. The fourth-order valence-electron chi connectivity index (χ4n) is 4.54. The fourth-order valence-corrected chi connectivity index (χ4v) is 4.78. The van der Waals surface area contributed by atoms with E-state index in [1.165, 1.54) is 0 Å². The Bertz CT molecular complexity index is 1470. The van der Waals surface area contributed by atoms with E-state index < -0.39 is 0 Å². The van der Waals surface area contributed by atoms with Crippen LogP contribution >= 0.6 is 11.6 Å². The lowest BCUT2D eigenvalue weighted by Gasteiger charge is -2.32. The predicted octanol–water partition coefficient (Wildman–Crippen LogP) is 5.74. The van der Waals surface area contributed by atoms with Gasteiger partial charge in [0.15, 0.2) is 0 Å². The van der Waals surface area contributed by atoms with Gasteiger partial charge in [-0.3, -0.25) is 14.5 Å². The summed E-state index contributed by atoms with van der Waals surface area (Å²) in [5.74, 6) is 6.96. The maximum Gasteiger partial charge on any atom is 0.298 e. The van der Waals surface area contributed by atoms with Crippen molar-refractivity contribution in [1.82, 2.24) is 19.7 Å². The molecular weight excluding hydrogens is 476 g/mol. The number of halogens is 1. The number of pyridine rings is 1. The average Bonchev–Trinajstić information content (AvgIpc) is 3.30. The Morgan fingerprint density at radius 1 is 1.14 bits per heavy atom. The van der Waals surface area contributed by atoms with Gasteiger partial charge in [-0.15, -0.1) is 0 Å². The molecule has 4 aromatic rings. The number of carbonyl (C=O) groups is 1. The highest BCUT2D eigenvalue weighted by Gasteiger charge is 2.27. The lowest BCUT2D eigenvalue weighted by Crippen LogP contribution is -2.40. The molecular formula is C28H25ClN4O3. The number of aromatic nitrogens is 3. The lowest BCUT2D eigenvalue weighted by atomic mass is 10.1. The summed E-state index contributed by atoms with van der Waals surface area (Å²) in [4.78, 5) is 18.5. The molecule has 1 aliphatic rings. The van der Waals surface area contributed by atoms with E-state index >= 15 is 0 Å². The zero-order valence-electron chi connectivity index (χ0n) is 20.1. The Kier molecular flexibility index (Phi) is 6.79. The van der Waals surface area contributed by atoms with Crippen LogP contribution in [0.1, 0.15) is 25.8 Å². The van der Waals surface area contributed by atoms with Gasteiger partial charge in [0.1, 0.15) is 28.0 Å². The van der Waals surface area contributed by atoms with Crippen molar-refractivity contribution in [1.29, 1.82) is 0 Å². The van der Waals surface area contributed by atoms with Crippen molar-refractivity contribution in [2.75, 3.05) is 20.2 Å². The number of fused-ring (bicyclic) bond motifs is 1. The van der Waals surface area contributed by atoms with Crippen molar-refractivity contribution in [3.8, 4) is 40.3 Å². The van der Waals surface area contributed by atoms with Gasteiger partial charge in [0.05, 0.1) is 18.7 Å². The van der Waals surface area contributed by atoms with Crippen LogP contribution < -0.4 is 9.47 Å². The van der Waals surface area contributed by atoms with E-state index in [0.717, 1.165) is 41.5 Å². The molecule has 1 amide bonds. The van der Waals surface area contributed by atoms with Crippen molar-refractivity contribution in [3.05, 3.63) is 65.9 Å². The van der Waals surface area contributed by atoms with Crippen molar-refractivity contribution < 1.29 is 14.3 Å². The van der Waals surface area contributed by atoms with Gasteiger partial charge in [-0.25, -0.2) is 0 Å². The maximum absolute atomic E-state index is 12.4. The minimum absolute atomic E-state index is 0.0674. The molecule has 182 valence electrons. The van der Waals surface area contributed by atoms with Gasteiger partial charge in [-0.05, 0) is 68.2 Å². The molecule has 36 heavy (non-hydrogen) atoms. The smallest absolute Gasteiger partial charge is 0.298 e. The topological polar surface area (TPSA) is 69.5 Å². The van der Waals surface area contributed by atoms with Crippen LogP contribution in [0.2, 0.25) is 5.02 Å². The summed E-state index contributed by atoms with van der Waals surface area (Å²) in [5.41, 5.74) is 2.77. The number of likely N-dealkylation sites (tertiary alicyclic amines) is 1. The summed E-state index contributed by atoms with van der Waals surface area (Å²) in [7, 11) is 1.57. The van der Waals surface area contributed by atoms with E-state index in [4.69, 9.17) is 26.2 Å². The molecule has 2 aromatic carbocycles. The number of amides is 1. The number of carbonyl (C=O) groups excluding carboxylic acids is 1. The summed E-state index contributed by atoms with van der Waals surface area (Å²) < 4.78 is 13.3. The first-order valence-corrected chi connectivity index (χ1v) is 12.1. The second-order valence-corrected chi connectivity index (χ2v) is 8.89. The molecule has 0 radical (unpaired) electrons. The van der Waals surface area contributed by atoms with Crippen molar-refractivity contribution in [2.45, 2.75) is 25.8 Å². The Morgan fingerprint density at radius 2 is 1.94 bits per heavy atom. The third kappa shape index (κ3) is 4.60. The normalized spacial score (nSPS) is 15.3. The van der Waals surface area contributed by atoms with Crippen LogP contribution in [0.3, 0.4) is 0 Å². The number of nitrogens with zero attached hydrogens (tertiary/aromatic N) is 4. The molecule has 0 bridgehead atoms. The highest BCUT2D eigenvalue weighted by molar-refractivity contribution is 6.33. The molecule has 2 aromatic heterocycles. The molecule has 8 heteroatoms. The Hall–Kier alpha value is -4.02. The van der Waals surface area contributed by atoms with Gasteiger partial charge < -0.3 is 14.4 Å². The second kappa shape index (κ2) is 10.3. The third-order valence-corrected chi connectivity index (χ3v) is 6.65. The molecule has 1 aliphatic heterocycles. The minimum Gasteiger partial charge on any atom is -0.495 e. The number of rotatable bonds is 5. The summed E-state index contributed by atoms with van der Waals surface area (Å²) in [6, 6.07) is 15.2. The fraction of sp³-hybridized carbons (Fsp3) is 0.250. The Labute approximate surface area is 214 Å². The van der Waals surface area contributed by atoms with Crippen LogP contribution in [0, 0.1) is 11.8 Å². The minimum atomic E-state index is -0.132. The number of benzene rings is 2. The summed E-state index contributed by atoms with van der Waals surface area (Å²) in [6.45, 7) is 2.98. The van der Waals surface area contributed by atoms with E-state index in [9.17, 15) is 4.79 Å². The zero-order valence-corrected chi connectivity index (χ0v) is 20.8. The van der Waals surface area contributed by atoms with Crippen molar-refractivity contribution >= 4 is 28.4 Å². The molecule has 0 aliphatic carbocycles. The van der Waals surface area contributed by atoms with E-state index in [0.29, 0.717) is 28.8 Å². The van der Waals surface area contributed by atoms with Gasteiger partial charge >= 0.3 is 0 Å². The average molecular weight is 501 g/mol. The molecule has 7 nitrogen and oxygen atoms in total. The number of piperidine rings is 1. The van der Waals surface area contributed by atoms with Gasteiger partial charge in [0.25, 0.3) is 5.91 Å². The lowest BCUT2D eigenvalue weighted by molar-refractivity contribution is -0.126. The monoisotopic (exact) mass is 500 g/mol. The van der Waals surface area contributed by atoms with Crippen LogP contribution in [-0.4, -0.2) is 45.8 Å². The van der Waals surface area contributed by atoms with Gasteiger partial charge in [-0.2, -0.15) is 5.10 Å². The van der Waals surface area contributed by atoms with Crippen LogP contribution in [0.4, 0.5) is 0 Å². The van der Waals surface area contributed by atoms with Crippen LogP contribution in [0.5, 0.6) is 17.2 Å². The van der Waals surface area contributed by atoms with Crippen LogP contribution in [0.15, 0.2) is 60.9 Å². The first-order chi connectivity index (χ1) is 17.6. The molecule has 1 saturated heterocycles. The predicted molar refractivity (Wildman–Crippen MR) is 139 cm³/mol. The Morgan fingerprint density at radius 3 is 2.72 bits per heavy atom. The number of ether oxygens (including phenoxy) is 2. The largest absolute Gasteiger partial charge is 0.495 e. The SMILES string of the molecule is CC#CC(=O)N1CCC[C@@H](n2nc(-c3ccc(Oc4cccc(OC)c4Cl)cc3)c3cnccc32)C1. The van der Waals surface area contributed by atoms with Crippen molar-refractivity contribution in [3.63, 3.8) is 0 Å². The first kappa shape index (κ1) is 23.7. The highest BCUT2D eigenvalue weighted by Crippen LogP contribution is 2.37. The highest BCUT2D eigenvalue weighted by atomic mass is 35.5. The molecule has 1 fully saturated rings. The molecule has 0 saturated carbocycles. The molecule has 5 rings (SSSR count). The van der Waals surface area contributed by atoms with E-state index in [1.54, 1.807) is 32.4 Å². The third-order valence-electron chi connectivity index (χ3n) is 6.27. The van der Waals surface area contributed by atoms with E-state index in [2.05, 4.69) is 16.8 Å². The maximum atomic E-state index is 12.4.